The van der Waals surface area contributed by atoms with Crippen LogP contribution in [0.1, 0.15) is 49.4 Å². The van der Waals surface area contributed by atoms with Crippen molar-refractivity contribution >= 4 is 29.3 Å². The number of alkyl carbamates (subject to hydrolysis) is 1. The van der Waals surface area contributed by atoms with E-state index in [0.29, 0.717) is 31.6 Å². The maximum absolute atomic E-state index is 13.2. The predicted octanol–water partition coefficient (Wildman–Crippen LogP) is 4.23. The maximum Gasteiger partial charge on any atom is 0.407 e. The molecule has 162 valence electrons. The van der Waals surface area contributed by atoms with E-state index in [-0.39, 0.29) is 11.7 Å². The van der Waals surface area contributed by atoms with Crippen LogP contribution in [0, 0.1) is 0 Å². The molecule has 1 heterocycles. The number of carbonyl (C=O) groups excluding carboxylic acids is 3. The van der Waals surface area contributed by atoms with Crippen molar-refractivity contribution in [3.05, 3.63) is 52.2 Å². The van der Waals surface area contributed by atoms with Crippen LogP contribution in [0.15, 0.2) is 41.8 Å². The van der Waals surface area contributed by atoms with Crippen molar-refractivity contribution in [2.24, 2.45) is 0 Å². The molecule has 0 aliphatic carbocycles. The fraction of sp³-hybridized carbons (Fsp3) is 0.409. The molecule has 0 bridgehead atoms. The standard InChI is InChI=1S/C22H28N2O5S/c1-16(25)28-19-11-6-5-10-18(19)20(26)24(15-17-9-7-14-30-17)13-8-12-23-21(27)29-22(2,3)4/h5-7,9-11,14H,8,12-13,15H2,1-4H3,(H,23,27). The number of esters is 1. The summed E-state index contributed by atoms with van der Waals surface area (Å²) in [5.74, 6) is -0.489. The van der Waals surface area contributed by atoms with Gasteiger partial charge in [-0.2, -0.15) is 0 Å². The first-order chi connectivity index (χ1) is 14.2. The summed E-state index contributed by atoms with van der Waals surface area (Å²) in [6.45, 7) is 7.91. The first-order valence-corrected chi connectivity index (χ1v) is 10.6. The lowest BCUT2D eigenvalue weighted by molar-refractivity contribution is -0.131. The Morgan fingerprint density at radius 3 is 2.47 bits per heavy atom. The molecule has 2 amide bonds. The average Bonchev–Trinajstić information content (AvgIpc) is 3.15. The van der Waals surface area contributed by atoms with Gasteiger partial charge in [-0.15, -0.1) is 11.3 Å². The highest BCUT2D eigenvalue weighted by molar-refractivity contribution is 7.09. The number of thiophene rings is 1. The van der Waals surface area contributed by atoms with Gasteiger partial charge in [0.2, 0.25) is 0 Å². The third kappa shape index (κ3) is 7.87. The van der Waals surface area contributed by atoms with Gasteiger partial charge < -0.3 is 19.7 Å². The predicted molar refractivity (Wildman–Crippen MR) is 116 cm³/mol. The molecular weight excluding hydrogens is 404 g/mol. The van der Waals surface area contributed by atoms with Crippen LogP contribution >= 0.6 is 11.3 Å². The lowest BCUT2D eigenvalue weighted by atomic mass is 10.1. The third-order valence-electron chi connectivity index (χ3n) is 3.86. The highest BCUT2D eigenvalue weighted by Crippen LogP contribution is 2.22. The van der Waals surface area contributed by atoms with E-state index >= 15 is 0 Å². The second kappa shape index (κ2) is 10.8. The van der Waals surface area contributed by atoms with E-state index < -0.39 is 17.7 Å². The molecule has 1 aromatic carbocycles. The number of hydrogen-bond donors (Lipinski definition) is 1. The van der Waals surface area contributed by atoms with Gasteiger partial charge in [-0.25, -0.2) is 4.79 Å². The molecule has 30 heavy (non-hydrogen) atoms. The van der Waals surface area contributed by atoms with Gasteiger partial charge in [-0.3, -0.25) is 9.59 Å². The van der Waals surface area contributed by atoms with Crippen molar-refractivity contribution in [1.82, 2.24) is 10.2 Å². The van der Waals surface area contributed by atoms with Gasteiger partial charge in [0.15, 0.2) is 0 Å². The number of ether oxygens (including phenoxy) is 2. The van der Waals surface area contributed by atoms with E-state index in [1.54, 1.807) is 61.3 Å². The Morgan fingerprint density at radius 2 is 1.83 bits per heavy atom. The molecule has 0 aliphatic rings. The van der Waals surface area contributed by atoms with E-state index in [9.17, 15) is 14.4 Å². The zero-order valence-corrected chi connectivity index (χ0v) is 18.6. The van der Waals surface area contributed by atoms with Crippen molar-refractivity contribution < 1.29 is 23.9 Å². The number of carbonyl (C=O) groups is 3. The Hall–Kier alpha value is -2.87. The smallest absolute Gasteiger partial charge is 0.407 e. The molecule has 2 rings (SSSR count). The normalized spacial score (nSPS) is 10.9. The number of para-hydroxylation sites is 1. The molecule has 1 N–H and O–H groups in total. The third-order valence-corrected chi connectivity index (χ3v) is 4.72. The lowest BCUT2D eigenvalue weighted by Crippen LogP contribution is -2.36. The molecule has 8 heteroatoms. The Labute approximate surface area is 181 Å². The van der Waals surface area contributed by atoms with E-state index in [4.69, 9.17) is 9.47 Å². The number of nitrogens with one attached hydrogen (secondary N) is 1. The van der Waals surface area contributed by atoms with Crippen LogP contribution in [0.2, 0.25) is 0 Å². The molecule has 0 radical (unpaired) electrons. The molecule has 0 unspecified atom stereocenters. The Morgan fingerprint density at radius 1 is 1.10 bits per heavy atom. The monoisotopic (exact) mass is 432 g/mol. The summed E-state index contributed by atoms with van der Waals surface area (Å²) < 4.78 is 10.4. The topological polar surface area (TPSA) is 84.9 Å². The second-order valence-corrected chi connectivity index (χ2v) is 8.71. The van der Waals surface area contributed by atoms with Crippen molar-refractivity contribution in [2.45, 2.75) is 46.3 Å². The van der Waals surface area contributed by atoms with Gasteiger partial charge in [0.25, 0.3) is 5.91 Å². The van der Waals surface area contributed by atoms with Crippen LogP contribution in [0.3, 0.4) is 0 Å². The molecule has 0 aliphatic heterocycles. The quantitative estimate of drug-likeness (QED) is 0.383. The summed E-state index contributed by atoms with van der Waals surface area (Å²) in [4.78, 5) is 39.1. The fourth-order valence-corrected chi connectivity index (χ4v) is 3.39. The first kappa shape index (κ1) is 23.4. The number of amides is 2. The average molecular weight is 433 g/mol. The zero-order chi connectivity index (χ0) is 22.1. The van der Waals surface area contributed by atoms with Crippen LogP contribution in [0.25, 0.3) is 0 Å². The van der Waals surface area contributed by atoms with Crippen molar-refractivity contribution in [3.8, 4) is 5.75 Å². The van der Waals surface area contributed by atoms with Crippen LogP contribution in [-0.2, 0) is 16.1 Å². The van der Waals surface area contributed by atoms with E-state index in [2.05, 4.69) is 5.32 Å². The fourth-order valence-electron chi connectivity index (χ4n) is 2.68. The number of nitrogens with zero attached hydrogens (tertiary/aromatic N) is 1. The number of hydrogen-bond acceptors (Lipinski definition) is 6. The minimum Gasteiger partial charge on any atom is -0.444 e. The Balaban J connectivity index is 2.06. The molecule has 0 spiro atoms. The Bertz CT molecular complexity index is 859. The highest BCUT2D eigenvalue weighted by atomic mass is 32.1. The second-order valence-electron chi connectivity index (χ2n) is 7.68. The SMILES string of the molecule is CC(=O)Oc1ccccc1C(=O)N(CCCNC(=O)OC(C)(C)C)Cc1cccs1. The van der Waals surface area contributed by atoms with Crippen LogP contribution in [0.5, 0.6) is 5.75 Å². The summed E-state index contributed by atoms with van der Waals surface area (Å²) in [6, 6.07) is 10.6. The largest absolute Gasteiger partial charge is 0.444 e. The van der Waals surface area contributed by atoms with Gasteiger partial charge in [0.05, 0.1) is 12.1 Å². The summed E-state index contributed by atoms with van der Waals surface area (Å²) >= 11 is 1.56. The van der Waals surface area contributed by atoms with Gasteiger partial charge >= 0.3 is 12.1 Å². The van der Waals surface area contributed by atoms with Crippen LogP contribution < -0.4 is 10.1 Å². The molecule has 0 atom stereocenters. The lowest BCUT2D eigenvalue weighted by Gasteiger charge is -2.24. The number of rotatable bonds is 8. The van der Waals surface area contributed by atoms with Crippen LogP contribution in [0.4, 0.5) is 4.79 Å². The molecular formula is C22H28N2O5S. The van der Waals surface area contributed by atoms with Gasteiger partial charge in [-0.1, -0.05) is 18.2 Å². The van der Waals surface area contributed by atoms with Gasteiger partial charge in [-0.05, 0) is 50.8 Å². The molecule has 0 fully saturated rings. The first-order valence-electron chi connectivity index (χ1n) is 9.71. The summed E-state index contributed by atoms with van der Waals surface area (Å²) in [7, 11) is 0. The molecule has 0 saturated carbocycles. The van der Waals surface area contributed by atoms with Crippen molar-refractivity contribution in [1.29, 1.82) is 0 Å². The molecule has 2 aromatic rings. The summed E-state index contributed by atoms with van der Waals surface area (Å²) in [5, 5.41) is 4.66. The van der Waals surface area contributed by atoms with Gasteiger partial charge in [0, 0.05) is 24.9 Å². The van der Waals surface area contributed by atoms with Gasteiger partial charge in [0.1, 0.15) is 11.4 Å². The summed E-state index contributed by atoms with van der Waals surface area (Å²) in [6.07, 6.45) is 0.0605. The molecule has 1 aromatic heterocycles. The van der Waals surface area contributed by atoms with E-state index in [1.807, 2.05) is 17.5 Å². The van der Waals surface area contributed by atoms with Crippen molar-refractivity contribution in [3.63, 3.8) is 0 Å². The van der Waals surface area contributed by atoms with E-state index in [1.165, 1.54) is 6.92 Å². The minimum atomic E-state index is -0.564. The number of benzene rings is 1. The van der Waals surface area contributed by atoms with E-state index in [0.717, 1.165) is 4.88 Å². The van der Waals surface area contributed by atoms with Crippen LogP contribution in [-0.4, -0.2) is 41.6 Å². The van der Waals surface area contributed by atoms with Crippen molar-refractivity contribution in [2.75, 3.05) is 13.1 Å². The highest BCUT2D eigenvalue weighted by Gasteiger charge is 2.21. The zero-order valence-electron chi connectivity index (χ0n) is 17.8. The molecule has 0 saturated heterocycles. The molecule has 7 nitrogen and oxygen atoms in total. The maximum atomic E-state index is 13.2. The Kier molecular flexibility index (Phi) is 8.41. The summed E-state index contributed by atoms with van der Waals surface area (Å²) in [5.41, 5.74) is -0.240. The minimum absolute atomic E-state index is 0.234.